The minimum atomic E-state index is -0.182. The molecule has 0 bridgehead atoms. The largest absolute Gasteiger partial charge is 0.354 e. The van der Waals surface area contributed by atoms with Gasteiger partial charge in [-0.15, -0.1) is 0 Å². The molecule has 2 aromatic heterocycles. The van der Waals surface area contributed by atoms with Crippen LogP contribution >= 0.6 is 0 Å². The lowest BCUT2D eigenvalue weighted by Crippen LogP contribution is -2.47. The van der Waals surface area contributed by atoms with E-state index >= 15 is 0 Å². The van der Waals surface area contributed by atoms with Crippen molar-refractivity contribution >= 4 is 28.2 Å². The van der Waals surface area contributed by atoms with E-state index < -0.39 is 0 Å². The summed E-state index contributed by atoms with van der Waals surface area (Å²) in [5.41, 5.74) is 3.07. The number of pyridine rings is 1. The normalized spacial score (nSPS) is 14.6. The third kappa shape index (κ3) is 4.84. The van der Waals surface area contributed by atoms with Crippen molar-refractivity contribution in [2.45, 2.75) is 6.42 Å². The van der Waals surface area contributed by atoms with Gasteiger partial charge in [0.15, 0.2) is 0 Å². The summed E-state index contributed by atoms with van der Waals surface area (Å²) in [6.45, 7) is 4.76. The predicted molar refractivity (Wildman–Crippen MR) is 126 cm³/mol. The zero-order valence-electron chi connectivity index (χ0n) is 17.8. The van der Waals surface area contributed by atoms with E-state index in [9.17, 15) is 4.39 Å². The lowest BCUT2D eigenvalue weighted by Gasteiger charge is -2.35. The highest BCUT2D eigenvalue weighted by atomic mass is 19.1. The molecule has 32 heavy (non-hydrogen) atoms. The van der Waals surface area contributed by atoms with Gasteiger partial charge < -0.3 is 10.2 Å². The summed E-state index contributed by atoms with van der Waals surface area (Å²) in [6.07, 6.45) is 4.34. The second-order valence-electron chi connectivity index (χ2n) is 8.00. The molecule has 0 saturated carbocycles. The topological polar surface area (TPSA) is 57.2 Å². The maximum atomic E-state index is 13.1. The molecule has 4 aromatic rings. The highest BCUT2D eigenvalue weighted by Crippen LogP contribution is 2.22. The van der Waals surface area contributed by atoms with Crippen LogP contribution in [0, 0.1) is 5.82 Å². The van der Waals surface area contributed by atoms with Crippen LogP contribution in [-0.2, 0) is 6.42 Å². The third-order valence-corrected chi connectivity index (χ3v) is 5.86. The SMILES string of the molecule is Fc1ccc(CCN2CCN(c3cc(Nc4ccc5cccnc5c4)ncn3)CC2)cc1. The molecule has 0 spiro atoms. The lowest BCUT2D eigenvalue weighted by atomic mass is 10.1. The van der Waals surface area contributed by atoms with Gasteiger partial charge in [-0.25, -0.2) is 14.4 Å². The monoisotopic (exact) mass is 428 g/mol. The fourth-order valence-electron chi connectivity index (χ4n) is 4.02. The highest BCUT2D eigenvalue weighted by molar-refractivity contribution is 5.82. The fourth-order valence-corrected chi connectivity index (χ4v) is 4.02. The summed E-state index contributed by atoms with van der Waals surface area (Å²) in [6, 6.07) is 18.9. The zero-order valence-corrected chi connectivity index (χ0v) is 17.8. The molecule has 2 aromatic carbocycles. The van der Waals surface area contributed by atoms with Gasteiger partial charge in [0.05, 0.1) is 5.52 Å². The van der Waals surface area contributed by atoms with Gasteiger partial charge in [-0.3, -0.25) is 9.88 Å². The van der Waals surface area contributed by atoms with Crippen molar-refractivity contribution in [3.63, 3.8) is 0 Å². The van der Waals surface area contributed by atoms with Crippen molar-refractivity contribution in [1.29, 1.82) is 0 Å². The van der Waals surface area contributed by atoms with E-state index in [1.54, 1.807) is 12.5 Å². The smallest absolute Gasteiger partial charge is 0.135 e. The summed E-state index contributed by atoms with van der Waals surface area (Å²) in [5, 5.41) is 4.48. The summed E-state index contributed by atoms with van der Waals surface area (Å²) in [5.74, 6) is 1.52. The van der Waals surface area contributed by atoms with Crippen LogP contribution in [0.25, 0.3) is 10.9 Å². The van der Waals surface area contributed by atoms with Crippen LogP contribution in [0.2, 0.25) is 0 Å². The molecule has 3 heterocycles. The molecular weight excluding hydrogens is 403 g/mol. The number of nitrogens with zero attached hydrogens (tertiary/aromatic N) is 5. The predicted octanol–water partition coefficient (Wildman–Crippen LogP) is 4.27. The van der Waals surface area contributed by atoms with E-state index in [0.717, 1.165) is 67.4 Å². The van der Waals surface area contributed by atoms with Crippen molar-refractivity contribution in [3.8, 4) is 0 Å². The van der Waals surface area contributed by atoms with Gasteiger partial charge in [0.2, 0.25) is 0 Å². The van der Waals surface area contributed by atoms with Gasteiger partial charge in [-0.2, -0.15) is 0 Å². The maximum Gasteiger partial charge on any atom is 0.135 e. The first-order valence-electron chi connectivity index (χ1n) is 10.9. The first-order valence-corrected chi connectivity index (χ1v) is 10.9. The minimum absolute atomic E-state index is 0.182. The number of nitrogens with one attached hydrogen (secondary N) is 1. The van der Waals surface area contributed by atoms with Gasteiger partial charge in [0.1, 0.15) is 23.8 Å². The standard InChI is InChI=1S/C25H25FN6/c26-21-6-3-19(4-7-21)9-11-31-12-14-32(15-13-31)25-17-24(28-18-29-25)30-22-8-5-20-2-1-10-27-23(20)16-22/h1-8,10,16-18H,9,11-15H2,(H,28,29,30). The van der Waals surface area contributed by atoms with E-state index in [0.29, 0.717) is 0 Å². The Bertz CT molecular complexity index is 1190. The molecule has 7 heteroatoms. The molecule has 0 aliphatic carbocycles. The van der Waals surface area contributed by atoms with Crippen LogP contribution < -0.4 is 10.2 Å². The molecule has 162 valence electrons. The van der Waals surface area contributed by atoms with Crippen LogP contribution in [0.15, 0.2) is 73.2 Å². The van der Waals surface area contributed by atoms with E-state index in [2.05, 4.69) is 36.1 Å². The number of benzene rings is 2. The Morgan fingerprint density at radius 1 is 0.875 bits per heavy atom. The van der Waals surface area contributed by atoms with Crippen LogP contribution in [0.5, 0.6) is 0 Å². The van der Waals surface area contributed by atoms with Crippen molar-refractivity contribution in [1.82, 2.24) is 19.9 Å². The third-order valence-electron chi connectivity index (χ3n) is 5.86. The Balaban J connectivity index is 1.18. The summed E-state index contributed by atoms with van der Waals surface area (Å²) < 4.78 is 13.1. The van der Waals surface area contributed by atoms with Crippen molar-refractivity contribution in [3.05, 3.63) is 84.6 Å². The molecule has 1 fully saturated rings. The Labute approximate surface area is 186 Å². The van der Waals surface area contributed by atoms with Crippen LogP contribution in [0.1, 0.15) is 5.56 Å². The first kappa shape index (κ1) is 20.3. The Morgan fingerprint density at radius 3 is 2.56 bits per heavy atom. The number of piperazine rings is 1. The van der Waals surface area contributed by atoms with Crippen molar-refractivity contribution in [2.75, 3.05) is 42.9 Å². The summed E-state index contributed by atoms with van der Waals surface area (Å²) in [4.78, 5) is 18.0. The van der Waals surface area contributed by atoms with Crippen LogP contribution in [-0.4, -0.2) is 52.6 Å². The second kappa shape index (κ2) is 9.28. The first-order chi connectivity index (χ1) is 15.7. The Kier molecular flexibility index (Phi) is 5.89. The van der Waals surface area contributed by atoms with Gasteiger partial charge in [0.25, 0.3) is 0 Å². The number of hydrogen-bond acceptors (Lipinski definition) is 6. The molecule has 5 rings (SSSR count). The average molecular weight is 429 g/mol. The molecule has 0 amide bonds. The van der Waals surface area contributed by atoms with Crippen molar-refractivity contribution in [2.24, 2.45) is 0 Å². The number of rotatable bonds is 6. The molecule has 1 N–H and O–H groups in total. The molecule has 0 atom stereocenters. The molecule has 0 unspecified atom stereocenters. The molecule has 1 saturated heterocycles. The number of aromatic nitrogens is 3. The molecule has 1 aliphatic heterocycles. The highest BCUT2D eigenvalue weighted by Gasteiger charge is 2.18. The average Bonchev–Trinajstić information content (AvgIpc) is 2.84. The zero-order chi connectivity index (χ0) is 21.8. The van der Waals surface area contributed by atoms with Gasteiger partial charge in [-0.1, -0.05) is 24.3 Å². The number of anilines is 3. The lowest BCUT2D eigenvalue weighted by molar-refractivity contribution is 0.260. The van der Waals surface area contributed by atoms with Crippen LogP contribution in [0.4, 0.5) is 21.7 Å². The number of hydrogen-bond donors (Lipinski definition) is 1. The second-order valence-corrected chi connectivity index (χ2v) is 8.00. The molecule has 1 aliphatic rings. The van der Waals surface area contributed by atoms with Crippen LogP contribution in [0.3, 0.4) is 0 Å². The number of halogens is 1. The van der Waals surface area contributed by atoms with E-state index in [1.165, 1.54) is 17.7 Å². The van der Waals surface area contributed by atoms with Gasteiger partial charge in [-0.05, 0) is 42.3 Å². The minimum Gasteiger partial charge on any atom is -0.354 e. The summed E-state index contributed by atoms with van der Waals surface area (Å²) in [7, 11) is 0. The maximum absolute atomic E-state index is 13.1. The Morgan fingerprint density at radius 2 is 1.72 bits per heavy atom. The quantitative estimate of drug-likeness (QED) is 0.495. The molecule has 0 radical (unpaired) electrons. The van der Waals surface area contributed by atoms with E-state index in [4.69, 9.17) is 0 Å². The molecule has 6 nitrogen and oxygen atoms in total. The van der Waals surface area contributed by atoms with Gasteiger partial charge in [0, 0.05) is 56.1 Å². The fraction of sp³-hybridized carbons (Fsp3) is 0.240. The van der Waals surface area contributed by atoms with E-state index in [-0.39, 0.29) is 5.82 Å². The Hall–Kier alpha value is -3.58. The van der Waals surface area contributed by atoms with Crippen molar-refractivity contribution < 1.29 is 4.39 Å². The van der Waals surface area contributed by atoms with Gasteiger partial charge >= 0.3 is 0 Å². The van der Waals surface area contributed by atoms with E-state index in [1.807, 2.05) is 42.5 Å². The molecular formula is C25H25FN6. The number of fused-ring (bicyclic) bond motifs is 1. The summed E-state index contributed by atoms with van der Waals surface area (Å²) >= 11 is 0.